The number of aliphatic hydroxyl groups excluding tert-OH is 2. The molecule has 0 aromatic carbocycles. The minimum Gasteiger partial charge on any atom is -0.393 e. The summed E-state index contributed by atoms with van der Waals surface area (Å²) in [6, 6.07) is 0. The predicted molar refractivity (Wildman–Crippen MR) is 138 cm³/mol. The molecule has 5 nitrogen and oxygen atoms in total. The summed E-state index contributed by atoms with van der Waals surface area (Å²) in [6.07, 6.45) is 13.2. The number of hydrogen-bond acceptors (Lipinski definition) is 5. The molecule has 5 heteroatoms. The topological polar surface area (TPSA) is 76.5 Å². The molecule has 13 atom stereocenters. The van der Waals surface area contributed by atoms with Crippen molar-refractivity contribution in [2.75, 3.05) is 0 Å². The number of nitrogens with one attached hydrogen (secondary N) is 3. The average Bonchev–Trinajstić information content (AvgIpc) is 2.79. The van der Waals surface area contributed by atoms with Gasteiger partial charge in [0, 0.05) is 5.92 Å². The molecule has 0 aromatic heterocycles. The summed E-state index contributed by atoms with van der Waals surface area (Å²) in [4.78, 5) is 0. The predicted octanol–water partition coefficient (Wildman–Crippen LogP) is 4.44. The first-order chi connectivity index (χ1) is 16.3. The smallest absolute Gasteiger partial charge is 0.0652 e. The highest BCUT2D eigenvalue weighted by atomic mass is 16.3. The van der Waals surface area contributed by atoms with Crippen LogP contribution in [0.15, 0.2) is 0 Å². The Balaban J connectivity index is 1.40. The summed E-state index contributed by atoms with van der Waals surface area (Å²) < 4.78 is 0. The Morgan fingerprint density at radius 1 is 0.500 bits per heavy atom. The van der Waals surface area contributed by atoms with Crippen LogP contribution in [0, 0.1) is 53.3 Å². The second-order valence-corrected chi connectivity index (χ2v) is 13.6. The molecule has 0 amide bonds. The second kappa shape index (κ2) is 10.7. The van der Waals surface area contributed by atoms with Gasteiger partial charge in [-0.05, 0) is 92.3 Å². The molecule has 5 rings (SSSR count). The third-order valence-corrected chi connectivity index (χ3v) is 11.1. The van der Waals surface area contributed by atoms with E-state index in [-0.39, 0.29) is 18.2 Å². The van der Waals surface area contributed by atoms with Crippen LogP contribution < -0.4 is 16.0 Å². The Bertz CT molecular complexity index is 642. The van der Waals surface area contributed by atoms with Crippen molar-refractivity contribution in [2.24, 2.45) is 53.3 Å². The van der Waals surface area contributed by atoms with E-state index >= 15 is 0 Å². The zero-order valence-corrected chi connectivity index (χ0v) is 22.3. The molecule has 13 unspecified atom stereocenters. The van der Waals surface area contributed by atoms with E-state index in [4.69, 9.17) is 0 Å². The minimum absolute atomic E-state index is 0.127. The van der Waals surface area contributed by atoms with Crippen LogP contribution in [0.5, 0.6) is 0 Å². The van der Waals surface area contributed by atoms with E-state index in [2.05, 4.69) is 43.6 Å². The molecule has 0 radical (unpaired) electrons. The highest BCUT2D eigenvalue weighted by molar-refractivity contribution is 5.03. The van der Waals surface area contributed by atoms with E-state index in [0.29, 0.717) is 42.4 Å². The van der Waals surface area contributed by atoms with Gasteiger partial charge in [-0.2, -0.15) is 0 Å². The average molecular weight is 476 g/mol. The third-order valence-electron chi connectivity index (χ3n) is 11.1. The van der Waals surface area contributed by atoms with Crippen LogP contribution in [0.4, 0.5) is 0 Å². The molecule has 4 aliphatic carbocycles. The van der Waals surface area contributed by atoms with Gasteiger partial charge in [0.15, 0.2) is 0 Å². The first-order valence-corrected chi connectivity index (χ1v) is 15.0. The van der Waals surface area contributed by atoms with E-state index in [1.807, 2.05) is 0 Å². The first kappa shape index (κ1) is 25.4. The fraction of sp³-hybridized carbons (Fsp3) is 1.00. The maximum Gasteiger partial charge on any atom is 0.0652 e. The van der Waals surface area contributed by atoms with Gasteiger partial charge in [0.2, 0.25) is 0 Å². The van der Waals surface area contributed by atoms with Crippen LogP contribution in [0.2, 0.25) is 0 Å². The largest absolute Gasteiger partial charge is 0.393 e. The fourth-order valence-electron chi connectivity index (χ4n) is 9.29. The van der Waals surface area contributed by atoms with Gasteiger partial charge in [0.1, 0.15) is 0 Å². The summed E-state index contributed by atoms with van der Waals surface area (Å²) in [7, 11) is 0. The lowest BCUT2D eigenvalue weighted by Crippen LogP contribution is -2.75. The molecule has 1 heterocycles. The van der Waals surface area contributed by atoms with Crippen LogP contribution in [0.25, 0.3) is 0 Å². The molecule has 0 aromatic rings. The van der Waals surface area contributed by atoms with Gasteiger partial charge in [-0.1, -0.05) is 53.4 Å². The van der Waals surface area contributed by atoms with Crippen LogP contribution in [0.3, 0.4) is 0 Å². The number of aliphatic hydroxyl groups is 2. The van der Waals surface area contributed by atoms with Gasteiger partial charge >= 0.3 is 0 Å². The number of hydrogen-bond donors (Lipinski definition) is 5. The lowest BCUT2D eigenvalue weighted by atomic mass is 9.62. The van der Waals surface area contributed by atoms with Gasteiger partial charge in [-0.3, -0.25) is 16.0 Å². The molecule has 1 aliphatic heterocycles. The molecule has 34 heavy (non-hydrogen) atoms. The number of fused-ring (bicyclic) bond motifs is 1. The van der Waals surface area contributed by atoms with Gasteiger partial charge in [0.25, 0.3) is 0 Å². The standard InChI is InChI=1S/C29H53N3O2/c1-16-9-11-20(18(3)13-16)27-30-28(21-12-10-17(2)14-19(21)4)32-29(31-27)26-23-8-6-5-7-22(23)24(33)15-25(26)34/h16-34H,5-15H2,1-4H3. The van der Waals surface area contributed by atoms with Gasteiger partial charge < -0.3 is 10.2 Å². The van der Waals surface area contributed by atoms with Crippen molar-refractivity contribution in [1.29, 1.82) is 0 Å². The molecule has 196 valence electrons. The molecule has 0 bridgehead atoms. The van der Waals surface area contributed by atoms with E-state index < -0.39 is 6.10 Å². The number of rotatable bonds is 3. The Labute approximate surface area is 208 Å². The summed E-state index contributed by atoms with van der Waals surface area (Å²) in [6.45, 7) is 9.76. The molecule has 4 saturated carbocycles. The van der Waals surface area contributed by atoms with E-state index in [9.17, 15) is 10.2 Å². The summed E-state index contributed by atoms with van der Waals surface area (Å²) >= 11 is 0. The zero-order chi connectivity index (χ0) is 24.0. The molecule has 1 saturated heterocycles. The highest BCUT2D eigenvalue weighted by Crippen LogP contribution is 2.46. The molecule has 0 spiro atoms. The second-order valence-electron chi connectivity index (χ2n) is 13.6. The van der Waals surface area contributed by atoms with Gasteiger partial charge in [-0.15, -0.1) is 0 Å². The van der Waals surface area contributed by atoms with Crippen LogP contribution >= 0.6 is 0 Å². The first-order valence-electron chi connectivity index (χ1n) is 15.0. The van der Waals surface area contributed by atoms with E-state index in [0.717, 1.165) is 36.5 Å². The van der Waals surface area contributed by atoms with Crippen molar-refractivity contribution < 1.29 is 10.2 Å². The lowest BCUT2D eigenvalue weighted by molar-refractivity contribution is -0.113. The quantitative estimate of drug-likeness (QED) is 0.417. The maximum atomic E-state index is 11.3. The van der Waals surface area contributed by atoms with Crippen molar-refractivity contribution >= 4 is 0 Å². The monoisotopic (exact) mass is 475 g/mol. The Morgan fingerprint density at radius 2 is 1.00 bits per heavy atom. The minimum atomic E-state index is -0.425. The summed E-state index contributed by atoms with van der Waals surface area (Å²) in [5.74, 6) is 5.38. The Kier molecular flexibility index (Phi) is 7.97. The molecular weight excluding hydrogens is 422 g/mol. The van der Waals surface area contributed by atoms with E-state index in [1.54, 1.807) is 0 Å². The third kappa shape index (κ3) is 5.11. The fourth-order valence-corrected chi connectivity index (χ4v) is 9.29. The maximum absolute atomic E-state index is 11.3. The lowest BCUT2D eigenvalue weighted by Gasteiger charge is -2.55. The molecule has 5 aliphatic rings. The van der Waals surface area contributed by atoms with Gasteiger partial charge in [-0.25, -0.2) is 0 Å². The SMILES string of the molecule is CC1CCC(C2NC(C3CCC(C)CC3C)NC(C3C(O)CC(O)C4CCCCC43)N2)C(C)C1. The molecule has 5 fully saturated rings. The molecule has 5 N–H and O–H groups in total. The normalized spacial score (nSPS) is 54.9. The van der Waals surface area contributed by atoms with Crippen molar-refractivity contribution in [1.82, 2.24) is 16.0 Å². The van der Waals surface area contributed by atoms with Crippen molar-refractivity contribution in [2.45, 2.75) is 129 Å². The highest BCUT2D eigenvalue weighted by Gasteiger charge is 2.50. The van der Waals surface area contributed by atoms with Crippen molar-refractivity contribution in [3.8, 4) is 0 Å². The van der Waals surface area contributed by atoms with E-state index in [1.165, 1.54) is 51.4 Å². The summed E-state index contributed by atoms with van der Waals surface area (Å²) in [5, 5.41) is 34.3. The van der Waals surface area contributed by atoms with Crippen molar-refractivity contribution in [3.63, 3.8) is 0 Å². The van der Waals surface area contributed by atoms with Crippen LogP contribution in [-0.4, -0.2) is 40.9 Å². The summed E-state index contributed by atoms with van der Waals surface area (Å²) in [5.41, 5.74) is 0. The Morgan fingerprint density at radius 3 is 1.53 bits per heavy atom. The Hall–Kier alpha value is -0.200. The van der Waals surface area contributed by atoms with Crippen LogP contribution in [-0.2, 0) is 0 Å². The van der Waals surface area contributed by atoms with Crippen LogP contribution in [0.1, 0.15) is 98.3 Å². The zero-order valence-electron chi connectivity index (χ0n) is 22.3. The molecular formula is C29H53N3O2. The van der Waals surface area contributed by atoms with Gasteiger partial charge in [0.05, 0.1) is 30.7 Å². The van der Waals surface area contributed by atoms with Crippen molar-refractivity contribution in [3.05, 3.63) is 0 Å².